The molecule has 0 saturated carbocycles. The number of rotatable bonds is 5. The van der Waals surface area contributed by atoms with Crippen molar-refractivity contribution in [1.29, 1.82) is 0 Å². The maximum absolute atomic E-state index is 12.2. The van der Waals surface area contributed by atoms with E-state index < -0.39 is 6.03 Å². The molecule has 3 rings (SSSR count). The monoisotopic (exact) mass is 389 g/mol. The number of carbonyl (C=O) groups is 1. The Hall–Kier alpha value is -2.77. The van der Waals surface area contributed by atoms with Crippen molar-refractivity contribution in [3.63, 3.8) is 0 Å². The van der Waals surface area contributed by atoms with Gasteiger partial charge in [-0.2, -0.15) is 0 Å². The van der Waals surface area contributed by atoms with Crippen molar-refractivity contribution in [2.24, 2.45) is 0 Å². The number of anilines is 2. The number of carbonyl (C=O) groups excluding carboxylic acids is 1. The second-order valence-electron chi connectivity index (χ2n) is 5.19. The first-order valence-electron chi connectivity index (χ1n) is 7.60. The van der Waals surface area contributed by atoms with Crippen LogP contribution in [0.3, 0.4) is 0 Å². The molecule has 0 saturated heterocycles. The van der Waals surface area contributed by atoms with Crippen molar-refractivity contribution in [1.82, 2.24) is 4.98 Å². The van der Waals surface area contributed by atoms with Gasteiger partial charge in [-0.3, -0.25) is 5.32 Å². The lowest BCUT2D eigenvalue weighted by molar-refractivity contribution is 0.262. The SMILES string of the molecule is COc1ccc(-c2csc(NC(=O)Nc3cc(Cl)ccc3OC)n2)cc1. The summed E-state index contributed by atoms with van der Waals surface area (Å²) < 4.78 is 10.4. The Morgan fingerprint density at radius 2 is 1.85 bits per heavy atom. The number of hydrogen-bond acceptors (Lipinski definition) is 5. The summed E-state index contributed by atoms with van der Waals surface area (Å²) in [5.74, 6) is 1.29. The highest BCUT2D eigenvalue weighted by Crippen LogP contribution is 2.29. The second-order valence-corrected chi connectivity index (χ2v) is 6.48. The Morgan fingerprint density at radius 3 is 2.54 bits per heavy atom. The van der Waals surface area contributed by atoms with Crippen LogP contribution in [-0.4, -0.2) is 25.2 Å². The van der Waals surface area contributed by atoms with Gasteiger partial charge in [0.05, 0.1) is 25.6 Å². The number of amides is 2. The predicted octanol–water partition coefficient (Wildman–Crippen LogP) is 5.12. The maximum atomic E-state index is 12.2. The number of benzene rings is 2. The van der Waals surface area contributed by atoms with Gasteiger partial charge < -0.3 is 14.8 Å². The normalized spacial score (nSPS) is 10.3. The highest BCUT2D eigenvalue weighted by molar-refractivity contribution is 7.14. The third-order valence-electron chi connectivity index (χ3n) is 3.52. The lowest BCUT2D eigenvalue weighted by atomic mass is 10.2. The Bertz CT molecular complexity index is 912. The quantitative estimate of drug-likeness (QED) is 0.634. The molecule has 2 N–H and O–H groups in total. The Morgan fingerprint density at radius 1 is 1.08 bits per heavy atom. The third kappa shape index (κ3) is 4.25. The first-order valence-corrected chi connectivity index (χ1v) is 8.86. The molecule has 0 aliphatic rings. The Labute approximate surface area is 159 Å². The first-order chi connectivity index (χ1) is 12.6. The highest BCUT2D eigenvalue weighted by Gasteiger charge is 2.11. The van der Waals surface area contributed by atoms with E-state index in [9.17, 15) is 4.79 Å². The van der Waals surface area contributed by atoms with Crippen LogP contribution in [0.5, 0.6) is 11.5 Å². The smallest absolute Gasteiger partial charge is 0.325 e. The fourth-order valence-electron chi connectivity index (χ4n) is 2.25. The van der Waals surface area contributed by atoms with Crippen LogP contribution in [0.4, 0.5) is 15.6 Å². The Balaban J connectivity index is 1.69. The van der Waals surface area contributed by atoms with Crippen LogP contribution in [0.2, 0.25) is 5.02 Å². The molecule has 0 aliphatic heterocycles. The zero-order valence-electron chi connectivity index (χ0n) is 14.1. The van der Waals surface area contributed by atoms with Gasteiger partial charge in [0, 0.05) is 16.0 Å². The zero-order chi connectivity index (χ0) is 18.5. The lowest BCUT2D eigenvalue weighted by Gasteiger charge is -2.10. The van der Waals surface area contributed by atoms with E-state index in [0.717, 1.165) is 17.0 Å². The molecule has 1 aromatic heterocycles. The van der Waals surface area contributed by atoms with Gasteiger partial charge in [-0.05, 0) is 42.5 Å². The van der Waals surface area contributed by atoms with Gasteiger partial charge in [-0.25, -0.2) is 9.78 Å². The average molecular weight is 390 g/mol. The van der Waals surface area contributed by atoms with Gasteiger partial charge in [0.15, 0.2) is 5.13 Å². The van der Waals surface area contributed by atoms with Gasteiger partial charge in [-0.1, -0.05) is 11.6 Å². The van der Waals surface area contributed by atoms with Crippen LogP contribution < -0.4 is 20.1 Å². The summed E-state index contributed by atoms with van der Waals surface area (Å²) in [6.45, 7) is 0. The summed E-state index contributed by atoms with van der Waals surface area (Å²) in [6, 6.07) is 12.1. The summed E-state index contributed by atoms with van der Waals surface area (Å²) in [7, 11) is 3.14. The molecule has 0 aliphatic carbocycles. The van der Waals surface area contributed by atoms with Crippen molar-refractivity contribution in [3.8, 4) is 22.8 Å². The molecule has 6 nitrogen and oxygen atoms in total. The predicted molar refractivity (Wildman–Crippen MR) is 105 cm³/mol. The molecule has 2 aromatic carbocycles. The number of methoxy groups -OCH3 is 2. The fraction of sp³-hybridized carbons (Fsp3) is 0.111. The van der Waals surface area contributed by atoms with Gasteiger partial charge in [0.1, 0.15) is 11.5 Å². The number of urea groups is 1. The second kappa shape index (κ2) is 8.07. The molecule has 26 heavy (non-hydrogen) atoms. The third-order valence-corrected chi connectivity index (χ3v) is 4.51. The van der Waals surface area contributed by atoms with E-state index in [1.54, 1.807) is 25.3 Å². The summed E-state index contributed by atoms with van der Waals surface area (Å²) in [5.41, 5.74) is 2.18. The van der Waals surface area contributed by atoms with Crippen LogP contribution in [-0.2, 0) is 0 Å². The van der Waals surface area contributed by atoms with Crippen LogP contribution in [0.1, 0.15) is 0 Å². The number of hydrogen-bond donors (Lipinski definition) is 2. The number of thiazole rings is 1. The van der Waals surface area contributed by atoms with Gasteiger partial charge >= 0.3 is 6.03 Å². The topological polar surface area (TPSA) is 72.5 Å². The highest BCUT2D eigenvalue weighted by atomic mass is 35.5. The van der Waals surface area contributed by atoms with Crippen molar-refractivity contribution >= 4 is 39.8 Å². The molecule has 2 amide bonds. The number of ether oxygens (including phenoxy) is 2. The molecular formula is C18H16ClN3O3S. The van der Waals surface area contributed by atoms with E-state index in [1.165, 1.54) is 18.4 Å². The number of aromatic nitrogens is 1. The van der Waals surface area contributed by atoms with Crippen molar-refractivity contribution in [3.05, 3.63) is 52.9 Å². The molecule has 3 aromatic rings. The minimum atomic E-state index is -0.429. The summed E-state index contributed by atoms with van der Waals surface area (Å²) in [5, 5.41) is 8.26. The van der Waals surface area contributed by atoms with E-state index in [0.29, 0.717) is 21.6 Å². The zero-order valence-corrected chi connectivity index (χ0v) is 15.6. The van der Waals surface area contributed by atoms with Gasteiger partial charge in [-0.15, -0.1) is 11.3 Å². The number of halogens is 1. The Kier molecular flexibility index (Phi) is 5.60. The average Bonchev–Trinajstić information content (AvgIpc) is 3.10. The summed E-state index contributed by atoms with van der Waals surface area (Å²) >= 11 is 7.30. The molecule has 0 fully saturated rings. The van der Waals surface area contributed by atoms with Crippen LogP contribution >= 0.6 is 22.9 Å². The summed E-state index contributed by atoms with van der Waals surface area (Å²) in [6.07, 6.45) is 0. The minimum absolute atomic E-state index is 0.429. The van der Waals surface area contributed by atoms with E-state index in [2.05, 4.69) is 15.6 Å². The lowest BCUT2D eigenvalue weighted by Crippen LogP contribution is -2.19. The molecule has 8 heteroatoms. The van der Waals surface area contributed by atoms with E-state index in [1.807, 2.05) is 29.6 Å². The maximum Gasteiger partial charge on any atom is 0.325 e. The molecule has 0 atom stereocenters. The minimum Gasteiger partial charge on any atom is -0.497 e. The van der Waals surface area contributed by atoms with E-state index in [4.69, 9.17) is 21.1 Å². The largest absolute Gasteiger partial charge is 0.497 e. The molecule has 0 radical (unpaired) electrons. The van der Waals surface area contributed by atoms with E-state index in [-0.39, 0.29) is 0 Å². The number of nitrogens with zero attached hydrogens (tertiary/aromatic N) is 1. The van der Waals surface area contributed by atoms with Crippen LogP contribution in [0, 0.1) is 0 Å². The molecule has 0 bridgehead atoms. The van der Waals surface area contributed by atoms with Gasteiger partial charge in [0.2, 0.25) is 0 Å². The summed E-state index contributed by atoms with van der Waals surface area (Å²) in [4.78, 5) is 16.6. The molecule has 0 unspecified atom stereocenters. The first kappa shape index (κ1) is 18.0. The van der Waals surface area contributed by atoms with Crippen LogP contribution in [0.15, 0.2) is 47.8 Å². The molecule has 1 heterocycles. The standard InChI is InChI=1S/C18H16ClN3O3S/c1-24-13-6-3-11(4-7-13)15-10-26-18(21-15)22-17(23)20-14-9-12(19)5-8-16(14)25-2/h3-10H,1-2H3,(H2,20,21,22,23). The molecule has 0 spiro atoms. The van der Waals surface area contributed by atoms with Crippen molar-refractivity contribution < 1.29 is 14.3 Å². The van der Waals surface area contributed by atoms with Gasteiger partial charge in [0.25, 0.3) is 0 Å². The molecule has 134 valence electrons. The molecular weight excluding hydrogens is 374 g/mol. The fourth-order valence-corrected chi connectivity index (χ4v) is 3.14. The number of nitrogens with one attached hydrogen (secondary N) is 2. The van der Waals surface area contributed by atoms with Crippen LogP contribution in [0.25, 0.3) is 11.3 Å². The van der Waals surface area contributed by atoms with Crippen molar-refractivity contribution in [2.45, 2.75) is 0 Å². The van der Waals surface area contributed by atoms with Crippen molar-refractivity contribution in [2.75, 3.05) is 24.9 Å². The van der Waals surface area contributed by atoms with E-state index >= 15 is 0 Å².